The number of aryl methyl sites for hydroxylation is 2. The van der Waals surface area contributed by atoms with Crippen molar-refractivity contribution in [1.82, 2.24) is 14.7 Å². The number of carbonyl (C=O) groups is 1. The monoisotopic (exact) mass is 345 g/mol. The molecule has 0 N–H and O–H groups in total. The van der Waals surface area contributed by atoms with Gasteiger partial charge in [-0.3, -0.25) is 9.48 Å². The summed E-state index contributed by atoms with van der Waals surface area (Å²) in [5.41, 5.74) is 2.20. The summed E-state index contributed by atoms with van der Waals surface area (Å²) < 4.78 is 3.09. The summed E-state index contributed by atoms with van der Waals surface area (Å²) in [6, 6.07) is 0. The number of hydrogen-bond donors (Lipinski definition) is 0. The molecule has 0 bridgehead atoms. The maximum Gasteiger partial charge on any atom is 0.232 e. The van der Waals surface area contributed by atoms with Crippen LogP contribution in [0.4, 0.5) is 0 Å². The second-order valence-corrected chi connectivity index (χ2v) is 6.52. The van der Waals surface area contributed by atoms with Crippen LogP contribution in [0, 0.1) is 6.92 Å². The highest BCUT2D eigenvalue weighted by Gasteiger charge is 2.18. The van der Waals surface area contributed by atoms with Gasteiger partial charge in [0.25, 0.3) is 0 Å². The second kappa shape index (κ2) is 6.79. The smallest absolute Gasteiger partial charge is 0.232 e. The molecule has 2 rings (SSSR count). The maximum absolute atomic E-state index is 12.0. The number of halogens is 1. The Balaban J connectivity index is 1.87. The molecule has 19 heavy (non-hydrogen) atoms. The minimum atomic E-state index is 0.276. The van der Waals surface area contributed by atoms with E-state index in [9.17, 15) is 4.79 Å². The fourth-order valence-electron chi connectivity index (χ4n) is 2.30. The van der Waals surface area contributed by atoms with Crippen LogP contribution < -0.4 is 0 Å². The highest BCUT2D eigenvalue weighted by atomic mass is 79.9. The molecule has 1 aromatic rings. The highest BCUT2D eigenvalue weighted by Crippen LogP contribution is 2.25. The molecular weight excluding hydrogens is 326 g/mol. The topological polar surface area (TPSA) is 38.1 Å². The second-order valence-electron chi connectivity index (χ2n) is 4.74. The molecule has 2 heterocycles. The lowest BCUT2D eigenvalue weighted by Gasteiger charge is -2.14. The molecule has 6 heteroatoms. The first-order chi connectivity index (χ1) is 9.13. The first kappa shape index (κ1) is 14.9. The van der Waals surface area contributed by atoms with Gasteiger partial charge in [0.05, 0.1) is 21.6 Å². The minimum absolute atomic E-state index is 0.276. The summed E-state index contributed by atoms with van der Waals surface area (Å²) in [7, 11) is 0. The molecule has 0 radical (unpaired) electrons. The van der Waals surface area contributed by atoms with Crippen molar-refractivity contribution in [2.75, 3.05) is 18.8 Å². The Bertz CT molecular complexity index is 455. The van der Waals surface area contributed by atoms with Gasteiger partial charge in [-0.1, -0.05) is 0 Å². The maximum atomic E-state index is 12.0. The molecule has 106 valence electrons. The van der Waals surface area contributed by atoms with Crippen LogP contribution in [0.5, 0.6) is 0 Å². The number of nitrogens with zero attached hydrogens (tertiary/aromatic N) is 3. The van der Waals surface area contributed by atoms with E-state index in [1.54, 1.807) is 11.8 Å². The SMILES string of the molecule is CCn1nc(C)c(Br)c1CSCC(=O)N1CCCC1. The van der Waals surface area contributed by atoms with Gasteiger partial charge in [-0.05, 0) is 42.6 Å². The summed E-state index contributed by atoms with van der Waals surface area (Å²) in [4.78, 5) is 13.9. The molecule has 0 atom stereocenters. The Morgan fingerprint density at radius 2 is 2.11 bits per heavy atom. The first-order valence-corrected chi connectivity index (χ1v) is 8.65. The van der Waals surface area contributed by atoms with Gasteiger partial charge in [0, 0.05) is 25.4 Å². The van der Waals surface area contributed by atoms with Crippen molar-refractivity contribution in [2.45, 2.75) is 39.0 Å². The average Bonchev–Trinajstić information content (AvgIpc) is 3.01. The average molecular weight is 346 g/mol. The largest absolute Gasteiger partial charge is 0.342 e. The number of hydrogen-bond acceptors (Lipinski definition) is 3. The van der Waals surface area contributed by atoms with Crippen molar-refractivity contribution >= 4 is 33.6 Å². The van der Waals surface area contributed by atoms with Gasteiger partial charge in [-0.25, -0.2) is 0 Å². The van der Waals surface area contributed by atoms with Crippen LogP contribution in [0.25, 0.3) is 0 Å². The molecule has 1 amide bonds. The predicted octanol–water partition coefficient (Wildman–Crippen LogP) is 2.83. The molecule has 0 saturated carbocycles. The molecule has 1 aliphatic heterocycles. The molecule has 0 spiro atoms. The van der Waals surface area contributed by atoms with Gasteiger partial charge < -0.3 is 4.90 Å². The number of amides is 1. The fraction of sp³-hybridized carbons (Fsp3) is 0.692. The van der Waals surface area contributed by atoms with Crippen LogP contribution in [-0.2, 0) is 17.1 Å². The molecule has 0 aromatic carbocycles. The lowest BCUT2D eigenvalue weighted by Crippen LogP contribution is -2.29. The number of carbonyl (C=O) groups excluding carboxylic acids is 1. The first-order valence-electron chi connectivity index (χ1n) is 6.70. The van der Waals surface area contributed by atoms with E-state index >= 15 is 0 Å². The minimum Gasteiger partial charge on any atom is -0.342 e. The molecular formula is C13H20BrN3OS. The van der Waals surface area contributed by atoms with E-state index in [1.165, 1.54) is 5.69 Å². The number of thioether (sulfide) groups is 1. The zero-order chi connectivity index (χ0) is 13.8. The summed E-state index contributed by atoms with van der Waals surface area (Å²) in [6.07, 6.45) is 2.31. The van der Waals surface area contributed by atoms with E-state index in [1.807, 2.05) is 16.5 Å². The quantitative estimate of drug-likeness (QED) is 0.823. The van der Waals surface area contributed by atoms with Crippen molar-refractivity contribution in [3.05, 3.63) is 15.9 Å². The van der Waals surface area contributed by atoms with E-state index in [0.717, 1.165) is 48.4 Å². The van der Waals surface area contributed by atoms with Crippen molar-refractivity contribution in [3.8, 4) is 0 Å². The molecule has 1 aromatic heterocycles. The summed E-state index contributed by atoms with van der Waals surface area (Å²) >= 11 is 5.26. The molecule has 1 fully saturated rings. The number of rotatable bonds is 5. The zero-order valence-electron chi connectivity index (χ0n) is 11.5. The van der Waals surface area contributed by atoms with E-state index in [2.05, 4.69) is 28.0 Å². The van der Waals surface area contributed by atoms with Gasteiger partial charge in [0.2, 0.25) is 5.91 Å². The van der Waals surface area contributed by atoms with Crippen LogP contribution >= 0.6 is 27.7 Å². The fourth-order valence-corrected chi connectivity index (χ4v) is 3.86. The van der Waals surface area contributed by atoms with E-state index in [0.29, 0.717) is 5.75 Å². The Kier molecular flexibility index (Phi) is 5.33. The van der Waals surface area contributed by atoms with Gasteiger partial charge in [-0.15, -0.1) is 11.8 Å². The van der Waals surface area contributed by atoms with Crippen molar-refractivity contribution in [1.29, 1.82) is 0 Å². The molecule has 0 unspecified atom stereocenters. The van der Waals surface area contributed by atoms with Crippen molar-refractivity contribution < 1.29 is 4.79 Å². The Hall–Kier alpha value is -0.490. The number of likely N-dealkylation sites (tertiary alicyclic amines) is 1. The Labute approximate surface area is 127 Å². The van der Waals surface area contributed by atoms with Gasteiger partial charge in [0.15, 0.2) is 0 Å². The summed E-state index contributed by atoms with van der Waals surface area (Å²) in [6.45, 7) is 6.83. The summed E-state index contributed by atoms with van der Waals surface area (Å²) in [5, 5.41) is 4.46. The Morgan fingerprint density at radius 1 is 1.42 bits per heavy atom. The molecule has 1 aliphatic rings. The van der Waals surface area contributed by atoms with Crippen LogP contribution in [0.3, 0.4) is 0 Å². The third kappa shape index (κ3) is 3.54. The Morgan fingerprint density at radius 3 is 2.74 bits per heavy atom. The van der Waals surface area contributed by atoms with Crippen LogP contribution in [0.15, 0.2) is 4.47 Å². The predicted molar refractivity (Wildman–Crippen MR) is 82.3 cm³/mol. The van der Waals surface area contributed by atoms with Crippen LogP contribution in [-0.4, -0.2) is 39.4 Å². The van der Waals surface area contributed by atoms with Crippen LogP contribution in [0.1, 0.15) is 31.2 Å². The molecule has 0 aliphatic carbocycles. The standard InChI is InChI=1S/C13H20BrN3OS/c1-3-17-11(13(14)10(2)15-17)8-19-9-12(18)16-6-4-5-7-16/h3-9H2,1-2H3. The van der Waals surface area contributed by atoms with Crippen molar-refractivity contribution in [2.24, 2.45) is 0 Å². The van der Waals surface area contributed by atoms with Gasteiger partial charge in [0.1, 0.15) is 0 Å². The van der Waals surface area contributed by atoms with E-state index < -0.39 is 0 Å². The van der Waals surface area contributed by atoms with Gasteiger partial charge >= 0.3 is 0 Å². The van der Waals surface area contributed by atoms with Crippen molar-refractivity contribution in [3.63, 3.8) is 0 Å². The molecule has 4 nitrogen and oxygen atoms in total. The third-order valence-electron chi connectivity index (χ3n) is 3.38. The lowest BCUT2D eigenvalue weighted by molar-refractivity contribution is -0.127. The van der Waals surface area contributed by atoms with Gasteiger partial charge in [-0.2, -0.15) is 5.10 Å². The van der Waals surface area contributed by atoms with E-state index in [4.69, 9.17) is 0 Å². The zero-order valence-corrected chi connectivity index (χ0v) is 13.9. The molecule has 1 saturated heterocycles. The normalized spacial score (nSPS) is 15.2. The summed E-state index contributed by atoms with van der Waals surface area (Å²) in [5.74, 6) is 1.67. The van der Waals surface area contributed by atoms with E-state index in [-0.39, 0.29) is 5.91 Å². The highest BCUT2D eigenvalue weighted by molar-refractivity contribution is 9.10. The third-order valence-corrected chi connectivity index (χ3v) is 5.34. The van der Waals surface area contributed by atoms with Crippen LogP contribution in [0.2, 0.25) is 0 Å². The lowest BCUT2D eigenvalue weighted by atomic mass is 10.4. The number of aromatic nitrogens is 2.